The fourth-order valence-electron chi connectivity index (χ4n) is 6.57. The van der Waals surface area contributed by atoms with Crippen LogP contribution >= 0.6 is 15.9 Å². The molecule has 0 radical (unpaired) electrons. The Kier molecular flexibility index (Phi) is 5.57. The Morgan fingerprint density at radius 1 is 1.32 bits per heavy atom. The number of esters is 1. The number of ether oxygens (including phenoxy) is 1. The fraction of sp³-hybridized carbons (Fsp3) is 0.560. The molecule has 150 valence electrons. The third-order valence-electron chi connectivity index (χ3n) is 7.90. The zero-order chi connectivity index (χ0) is 19.9. The normalized spacial score (nSPS) is 37.8. The summed E-state index contributed by atoms with van der Waals surface area (Å²) in [5.41, 5.74) is 3.74. The lowest BCUT2D eigenvalue weighted by atomic mass is 9.61. The van der Waals surface area contributed by atoms with E-state index >= 15 is 0 Å². The second kappa shape index (κ2) is 7.82. The minimum absolute atomic E-state index is 0.00879. The summed E-state index contributed by atoms with van der Waals surface area (Å²) >= 11 is 3.62. The number of cyclic esters (lactones) is 1. The molecular weight excluding hydrogens is 412 g/mol. The fourth-order valence-corrected chi connectivity index (χ4v) is 7.12. The van der Waals surface area contributed by atoms with Gasteiger partial charge in [-0.15, -0.1) is 0 Å². The smallest absolute Gasteiger partial charge is 0.334 e. The molecule has 2 saturated carbocycles. The molecule has 3 heteroatoms. The van der Waals surface area contributed by atoms with Crippen molar-refractivity contribution >= 4 is 21.9 Å². The first-order valence-electron chi connectivity index (χ1n) is 10.7. The molecule has 2 aliphatic carbocycles. The van der Waals surface area contributed by atoms with Crippen LogP contribution in [0.15, 0.2) is 53.0 Å². The Bertz CT molecular complexity index is 783. The number of hydrogen-bond acceptors (Lipinski definition) is 2. The van der Waals surface area contributed by atoms with E-state index in [0.29, 0.717) is 28.7 Å². The maximum atomic E-state index is 12.3. The van der Waals surface area contributed by atoms with Gasteiger partial charge in [0.25, 0.3) is 0 Å². The number of rotatable bonds is 4. The maximum absolute atomic E-state index is 12.3. The Labute approximate surface area is 177 Å². The molecule has 4 rings (SSSR count). The number of carbonyl (C=O) groups excluding carboxylic acids is 1. The minimum atomic E-state index is -0.219. The van der Waals surface area contributed by atoms with Gasteiger partial charge >= 0.3 is 5.97 Å². The largest absolute Gasteiger partial charge is 0.458 e. The van der Waals surface area contributed by atoms with Crippen LogP contribution in [0, 0.1) is 23.2 Å². The van der Waals surface area contributed by atoms with Crippen LogP contribution in [0.1, 0.15) is 63.9 Å². The van der Waals surface area contributed by atoms with Crippen molar-refractivity contribution in [2.24, 2.45) is 23.2 Å². The number of allylic oxidation sites excluding steroid dienone is 1. The summed E-state index contributed by atoms with van der Waals surface area (Å²) in [4.78, 5) is 14.5. The van der Waals surface area contributed by atoms with Gasteiger partial charge in [-0.05, 0) is 72.2 Å². The average molecular weight is 443 g/mol. The first kappa shape index (κ1) is 19.9. The van der Waals surface area contributed by atoms with Gasteiger partial charge in [0.1, 0.15) is 6.10 Å². The van der Waals surface area contributed by atoms with Crippen molar-refractivity contribution in [1.29, 1.82) is 0 Å². The molecule has 1 heterocycles. The van der Waals surface area contributed by atoms with E-state index in [9.17, 15) is 4.79 Å². The number of carbonyl (C=O) groups is 1. The molecule has 1 aromatic rings. The van der Waals surface area contributed by atoms with Crippen LogP contribution in [0.3, 0.4) is 0 Å². The highest BCUT2D eigenvalue weighted by atomic mass is 79.9. The molecule has 0 aromatic heterocycles. The van der Waals surface area contributed by atoms with Crippen molar-refractivity contribution in [2.45, 2.75) is 64.4 Å². The first-order chi connectivity index (χ1) is 13.5. The number of hydrogen-bond donors (Lipinski definition) is 0. The van der Waals surface area contributed by atoms with Crippen molar-refractivity contribution in [3.8, 4) is 0 Å². The molecule has 2 nitrogen and oxygen atoms in total. The molecule has 0 N–H and O–H groups in total. The van der Waals surface area contributed by atoms with E-state index in [1.54, 1.807) is 5.57 Å². The predicted molar refractivity (Wildman–Crippen MR) is 117 cm³/mol. The van der Waals surface area contributed by atoms with Gasteiger partial charge in [-0.2, -0.15) is 0 Å². The van der Waals surface area contributed by atoms with Crippen LogP contribution in [-0.2, 0) is 9.53 Å². The van der Waals surface area contributed by atoms with Gasteiger partial charge in [-0.3, -0.25) is 0 Å². The summed E-state index contributed by atoms with van der Waals surface area (Å²) in [5.74, 6) is 1.69. The third kappa shape index (κ3) is 3.30. The predicted octanol–water partition coefficient (Wildman–Crippen LogP) is 6.77. The molecule has 2 unspecified atom stereocenters. The summed E-state index contributed by atoms with van der Waals surface area (Å²) in [6.07, 6.45) is 7.25. The van der Waals surface area contributed by atoms with E-state index in [2.05, 4.69) is 53.5 Å². The van der Waals surface area contributed by atoms with E-state index in [4.69, 9.17) is 4.74 Å². The molecule has 1 aliphatic heterocycles. The van der Waals surface area contributed by atoms with Crippen molar-refractivity contribution in [1.82, 2.24) is 0 Å². The molecule has 1 aromatic carbocycles. The Hall–Kier alpha value is -1.35. The van der Waals surface area contributed by atoms with Crippen LogP contribution in [0.5, 0.6) is 0 Å². The highest BCUT2D eigenvalue weighted by Crippen LogP contribution is 2.60. The Morgan fingerprint density at radius 2 is 2.07 bits per heavy atom. The highest BCUT2D eigenvalue weighted by Gasteiger charge is 2.51. The number of benzene rings is 1. The van der Waals surface area contributed by atoms with Crippen molar-refractivity contribution < 1.29 is 9.53 Å². The topological polar surface area (TPSA) is 26.3 Å². The van der Waals surface area contributed by atoms with Gasteiger partial charge in [0.05, 0.1) is 5.92 Å². The molecule has 3 fully saturated rings. The van der Waals surface area contributed by atoms with E-state index < -0.39 is 0 Å². The number of fused-ring (bicyclic) bond motifs is 1. The first-order valence-corrected chi connectivity index (χ1v) is 11.6. The van der Waals surface area contributed by atoms with Crippen molar-refractivity contribution in [2.75, 3.05) is 0 Å². The monoisotopic (exact) mass is 442 g/mol. The summed E-state index contributed by atoms with van der Waals surface area (Å²) in [6, 6.07) is 10.3. The van der Waals surface area contributed by atoms with E-state index in [1.807, 2.05) is 18.2 Å². The second-order valence-corrected chi connectivity index (χ2v) is 9.81. The standard InChI is InChI=1S/C25H31BrO2/c1-16(20-11-12-21-19(15-26)10-7-13-25(20,21)3)14-22-23(17(2)24(27)28-22)18-8-5-4-6-9-18/h4-6,8-9,15-16,20-23H,2,7,10-14H2,1,3H3/b19-15+/t16-,20?,21+,22-,23?,25-/m1/s1. The van der Waals surface area contributed by atoms with Crippen LogP contribution in [0.25, 0.3) is 0 Å². The summed E-state index contributed by atoms with van der Waals surface area (Å²) in [6.45, 7) is 8.95. The van der Waals surface area contributed by atoms with Crippen molar-refractivity contribution in [3.63, 3.8) is 0 Å². The van der Waals surface area contributed by atoms with Gasteiger partial charge in [0.2, 0.25) is 0 Å². The quantitative estimate of drug-likeness (QED) is 0.379. The maximum Gasteiger partial charge on any atom is 0.334 e. The molecule has 28 heavy (non-hydrogen) atoms. The summed E-state index contributed by atoms with van der Waals surface area (Å²) in [7, 11) is 0. The van der Waals surface area contributed by atoms with E-state index in [1.165, 1.54) is 32.1 Å². The third-order valence-corrected chi connectivity index (χ3v) is 8.48. The summed E-state index contributed by atoms with van der Waals surface area (Å²) in [5, 5.41) is 0. The highest BCUT2D eigenvalue weighted by molar-refractivity contribution is 9.11. The molecule has 1 saturated heterocycles. The molecule has 0 spiro atoms. The Morgan fingerprint density at radius 3 is 2.79 bits per heavy atom. The lowest BCUT2D eigenvalue weighted by molar-refractivity contribution is -0.139. The lowest BCUT2D eigenvalue weighted by Gasteiger charge is -2.44. The minimum Gasteiger partial charge on any atom is -0.458 e. The van der Waals surface area contributed by atoms with E-state index in [0.717, 1.165) is 12.0 Å². The lowest BCUT2D eigenvalue weighted by Crippen LogP contribution is -2.37. The SMILES string of the molecule is C=C1C(=O)O[C@H](C[C@@H](C)C2CC[C@H]3/C(=C/Br)CCC[C@]23C)C1c1ccccc1. The molecule has 0 bridgehead atoms. The van der Waals surface area contributed by atoms with Gasteiger partial charge in [-0.1, -0.05) is 72.3 Å². The number of halogens is 1. The zero-order valence-electron chi connectivity index (χ0n) is 17.0. The zero-order valence-corrected chi connectivity index (χ0v) is 18.6. The summed E-state index contributed by atoms with van der Waals surface area (Å²) < 4.78 is 5.82. The molecule has 0 amide bonds. The average Bonchev–Trinajstić information content (AvgIpc) is 3.18. The van der Waals surface area contributed by atoms with Gasteiger partial charge in [0.15, 0.2) is 0 Å². The molecule has 3 aliphatic rings. The molecular formula is C25H31BrO2. The van der Waals surface area contributed by atoms with Crippen LogP contribution in [0.4, 0.5) is 0 Å². The van der Waals surface area contributed by atoms with Crippen molar-refractivity contribution in [3.05, 3.63) is 58.6 Å². The van der Waals surface area contributed by atoms with E-state index in [-0.39, 0.29) is 18.0 Å². The van der Waals surface area contributed by atoms with Gasteiger partial charge < -0.3 is 4.74 Å². The Balaban J connectivity index is 1.54. The van der Waals surface area contributed by atoms with Gasteiger partial charge in [0, 0.05) is 5.57 Å². The van der Waals surface area contributed by atoms with Crippen LogP contribution in [0.2, 0.25) is 0 Å². The molecule has 6 atom stereocenters. The second-order valence-electron chi connectivity index (χ2n) is 9.35. The van der Waals surface area contributed by atoms with Crippen LogP contribution in [-0.4, -0.2) is 12.1 Å². The van der Waals surface area contributed by atoms with Crippen LogP contribution < -0.4 is 0 Å². The van der Waals surface area contributed by atoms with Gasteiger partial charge in [-0.25, -0.2) is 4.79 Å².